The van der Waals surface area contributed by atoms with Gasteiger partial charge in [-0.05, 0) is 54.5 Å². The van der Waals surface area contributed by atoms with Crippen molar-refractivity contribution in [2.75, 3.05) is 6.61 Å². The molecule has 0 saturated heterocycles. The molecule has 0 spiro atoms. The van der Waals surface area contributed by atoms with E-state index in [1.165, 1.54) is 18.4 Å². The number of rotatable bonds is 5. The van der Waals surface area contributed by atoms with E-state index >= 15 is 0 Å². The lowest BCUT2D eigenvalue weighted by Crippen LogP contribution is -2.00. The molecule has 0 amide bonds. The van der Waals surface area contributed by atoms with E-state index in [9.17, 15) is 5.11 Å². The molecule has 20 heavy (non-hydrogen) atoms. The minimum Gasteiger partial charge on any atom is -0.494 e. The van der Waals surface area contributed by atoms with Gasteiger partial charge in [-0.15, -0.1) is 0 Å². The van der Waals surface area contributed by atoms with Gasteiger partial charge < -0.3 is 9.84 Å². The van der Waals surface area contributed by atoms with Crippen LogP contribution in [0.3, 0.4) is 0 Å². The summed E-state index contributed by atoms with van der Waals surface area (Å²) in [5.74, 6) is 1.55. The molecule has 0 aliphatic heterocycles. The zero-order valence-electron chi connectivity index (χ0n) is 11.8. The summed E-state index contributed by atoms with van der Waals surface area (Å²) in [5, 5.41) is 10.5. The Kier molecular flexibility index (Phi) is 3.75. The Labute approximate surface area is 120 Å². The molecule has 1 unspecified atom stereocenters. The standard InChI is InChI=1S/C18H20O2/c1-2-20-17-10-8-14(9-11-17)18(19)16-5-3-4-15(12-16)13-6-7-13/h3-5,8-13,18-19H,2,6-7H2,1H3. The van der Waals surface area contributed by atoms with Gasteiger partial charge in [-0.3, -0.25) is 0 Å². The van der Waals surface area contributed by atoms with Crippen LogP contribution in [0.15, 0.2) is 48.5 Å². The van der Waals surface area contributed by atoms with Crippen molar-refractivity contribution in [3.63, 3.8) is 0 Å². The minimum absolute atomic E-state index is 0.565. The first kappa shape index (κ1) is 13.2. The van der Waals surface area contributed by atoms with E-state index in [-0.39, 0.29) is 0 Å². The number of benzene rings is 2. The summed E-state index contributed by atoms with van der Waals surface area (Å²) in [7, 11) is 0. The number of hydrogen-bond acceptors (Lipinski definition) is 2. The maximum atomic E-state index is 10.5. The molecule has 0 bridgehead atoms. The van der Waals surface area contributed by atoms with Crippen LogP contribution in [0.2, 0.25) is 0 Å². The fourth-order valence-corrected chi connectivity index (χ4v) is 2.51. The molecule has 0 radical (unpaired) electrons. The first-order valence-electron chi connectivity index (χ1n) is 7.28. The van der Waals surface area contributed by atoms with Crippen LogP contribution in [0, 0.1) is 0 Å². The normalized spacial score (nSPS) is 15.9. The van der Waals surface area contributed by atoms with Crippen molar-refractivity contribution in [1.82, 2.24) is 0 Å². The summed E-state index contributed by atoms with van der Waals surface area (Å²) in [6.07, 6.45) is 2.00. The SMILES string of the molecule is CCOc1ccc(C(O)c2cccc(C3CC3)c2)cc1. The molecule has 1 aliphatic carbocycles. The molecule has 3 rings (SSSR count). The maximum absolute atomic E-state index is 10.5. The van der Waals surface area contributed by atoms with Gasteiger partial charge in [-0.2, -0.15) is 0 Å². The lowest BCUT2D eigenvalue weighted by atomic mass is 9.98. The van der Waals surface area contributed by atoms with Crippen molar-refractivity contribution >= 4 is 0 Å². The van der Waals surface area contributed by atoms with Crippen LogP contribution in [0.5, 0.6) is 5.75 Å². The van der Waals surface area contributed by atoms with Crippen LogP contribution in [0.1, 0.15) is 48.5 Å². The third-order valence-corrected chi connectivity index (χ3v) is 3.78. The molecule has 1 aliphatic rings. The van der Waals surface area contributed by atoms with Gasteiger partial charge >= 0.3 is 0 Å². The lowest BCUT2D eigenvalue weighted by Gasteiger charge is -2.13. The first-order chi connectivity index (χ1) is 9.78. The third-order valence-electron chi connectivity index (χ3n) is 3.78. The van der Waals surface area contributed by atoms with Crippen LogP contribution in [-0.2, 0) is 0 Å². The van der Waals surface area contributed by atoms with E-state index in [0.717, 1.165) is 16.9 Å². The molecule has 2 nitrogen and oxygen atoms in total. The molecule has 2 aromatic carbocycles. The Morgan fingerprint density at radius 1 is 1.10 bits per heavy atom. The van der Waals surface area contributed by atoms with Crippen molar-refractivity contribution in [2.24, 2.45) is 0 Å². The Bertz CT molecular complexity index is 570. The Morgan fingerprint density at radius 3 is 2.50 bits per heavy atom. The van der Waals surface area contributed by atoms with Gasteiger partial charge in [0, 0.05) is 0 Å². The number of hydrogen-bond donors (Lipinski definition) is 1. The van der Waals surface area contributed by atoms with Crippen molar-refractivity contribution in [1.29, 1.82) is 0 Å². The summed E-state index contributed by atoms with van der Waals surface area (Å²) < 4.78 is 5.42. The van der Waals surface area contributed by atoms with Gasteiger partial charge in [0.1, 0.15) is 11.9 Å². The van der Waals surface area contributed by atoms with Gasteiger partial charge in [-0.1, -0.05) is 36.4 Å². The Hall–Kier alpha value is -1.80. The van der Waals surface area contributed by atoms with E-state index in [2.05, 4.69) is 12.1 Å². The molecule has 2 aromatic rings. The van der Waals surface area contributed by atoms with Gasteiger partial charge in [0.25, 0.3) is 0 Å². The number of ether oxygens (including phenoxy) is 1. The van der Waals surface area contributed by atoms with Gasteiger partial charge in [-0.25, -0.2) is 0 Å². The molecule has 1 N–H and O–H groups in total. The van der Waals surface area contributed by atoms with E-state index in [0.29, 0.717) is 12.5 Å². The predicted molar refractivity (Wildman–Crippen MR) is 80.1 cm³/mol. The van der Waals surface area contributed by atoms with Crippen molar-refractivity contribution in [3.05, 3.63) is 65.2 Å². The van der Waals surface area contributed by atoms with E-state index < -0.39 is 6.10 Å². The number of aliphatic hydroxyl groups is 1. The Morgan fingerprint density at radius 2 is 1.85 bits per heavy atom. The maximum Gasteiger partial charge on any atom is 0.119 e. The van der Waals surface area contributed by atoms with E-state index in [1.807, 2.05) is 43.3 Å². The highest BCUT2D eigenvalue weighted by Crippen LogP contribution is 2.40. The smallest absolute Gasteiger partial charge is 0.119 e. The zero-order valence-corrected chi connectivity index (χ0v) is 11.8. The zero-order chi connectivity index (χ0) is 13.9. The average molecular weight is 268 g/mol. The summed E-state index contributed by atoms with van der Waals surface area (Å²) in [6, 6.07) is 16.0. The molecule has 1 atom stereocenters. The highest BCUT2D eigenvalue weighted by Gasteiger charge is 2.24. The molecule has 1 fully saturated rings. The van der Waals surface area contributed by atoms with Crippen LogP contribution in [-0.4, -0.2) is 11.7 Å². The molecular weight excluding hydrogens is 248 g/mol. The van der Waals surface area contributed by atoms with Gasteiger partial charge in [0.2, 0.25) is 0 Å². The molecule has 104 valence electrons. The second kappa shape index (κ2) is 5.68. The number of aliphatic hydroxyl groups excluding tert-OH is 1. The van der Waals surface area contributed by atoms with Gasteiger partial charge in [0.05, 0.1) is 6.61 Å². The van der Waals surface area contributed by atoms with Crippen molar-refractivity contribution in [2.45, 2.75) is 31.8 Å². The topological polar surface area (TPSA) is 29.5 Å². The fraction of sp³-hybridized carbons (Fsp3) is 0.333. The quantitative estimate of drug-likeness (QED) is 0.886. The summed E-state index contributed by atoms with van der Waals surface area (Å²) in [4.78, 5) is 0. The Balaban J connectivity index is 1.80. The summed E-state index contributed by atoms with van der Waals surface area (Å²) in [5.41, 5.74) is 3.23. The summed E-state index contributed by atoms with van der Waals surface area (Å²) in [6.45, 7) is 2.62. The molecule has 0 heterocycles. The molecule has 0 aromatic heterocycles. The monoisotopic (exact) mass is 268 g/mol. The summed E-state index contributed by atoms with van der Waals surface area (Å²) >= 11 is 0. The van der Waals surface area contributed by atoms with E-state index in [1.54, 1.807) is 0 Å². The van der Waals surface area contributed by atoms with Crippen LogP contribution < -0.4 is 4.74 Å². The van der Waals surface area contributed by atoms with Crippen LogP contribution in [0.25, 0.3) is 0 Å². The molecular formula is C18H20O2. The average Bonchev–Trinajstić information content (AvgIpc) is 3.33. The molecule has 1 saturated carbocycles. The second-order valence-electron chi connectivity index (χ2n) is 5.35. The lowest BCUT2D eigenvalue weighted by molar-refractivity contribution is 0.220. The van der Waals surface area contributed by atoms with Crippen molar-refractivity contribution < 1.29 is 9.84 Å². The largest absolute Gasteiger partial charge is 0.494 e. The first-order valence-corrected chi connectivity index (χ1v) is 7.28. The van der Waals surface area contributed by atoms with E-state index in [4.69, 9.17) is 4.74 Å². The highest BCUT2D eigenvalue weighted by atomic mass is 16.5. The van der Waals surface area contributed by atoms with Crippen LogP contribution >= 0.6 is 0 Å². The molecule has 2 heteroatoms. The predicted octanol–water partition coefficient (Wildman–Crippen LogP) is 4.04. The van der Waals surface area contributed by atoms with Crippen molar-refractivity contribution in [3.8, 4) is 5.75 Å². The fourth-order valence-electron chi connectivity index (χ4n) is 2.51. The second-order valence-corrected chi connectivity index (χ2v) is 5.35. The highest BCUT2D eigenvalue weighted by molar-refractivity contribution is 5.37. The van der Waals surface area contributed by atoms with Crippen LogP contribution in [0.4, 0.5) is 0 Å². The minimum atomic E-state index is -0.565. The third kappa shape index (κ3) is 2.86. The van der Waals surface area contributed by atoms with Gasteiger partial charge in [0.15, 0.2) is 0 Å².